The Hall–Kier alpha value is -3.99. The molecule has 2 N–H and O–H groups in total. The van der Waals surface area contributed by atoms with Crippen molar-refractivity contribution in [2.75, 3.05) is 7.11 Å². The minimum atomic E-state index is -0.669. The largest absolute Gasteiger partial charge is 0.496 e. The summed E-state index contributed by atoms with van der Waals surface area (Å²) >= 11 is 0. The number of imidazole rings is 1. The molecule has 0 fully saturated rings. The molecule has 0 radical (unpaired) electrons. The first-order valence-electron chi connectivity index (χ1n) is 9.95. The van der Waals surface area contributed by atoms with E-state index in [1.165, 1.54) is 0 Å². The molecule has 8 heteroatoms. The molecule has 1 aromatic carbocycles. The van der Waals surface area contributed by atoms with Gasteiger partial charge in [-0.1, -0.05) is 18.2 Å². The Morgan fingerprint density at radius 2 is 2.13 bits per heavy atom. The third kappa shape index (κ3) is 3.66. The third-order valence-electron chi connectivity index (χ3n) is 5.50. The van der Waals surface area contributed by atoms with Crippen molar-refractivity contribution in [3.63, 3.8) is 0 Å². The number of para-hydroxylation sites is 1. The van der Waals surface area contributed by atoms with E-state index in [2.05, 4.69) is 11.1 Å². The summed E-state index contributed by atoms with van der Waals surface area (Å²) in [4.78, 5) is 17.7. The monoisotopic (exact) mass is 417 g/mol. The molecule has 0 aliphatic carbocycles. The van der Waals surface area contributed by atoms with Crippen molar-refractivity contribution in [1.82, 2.24) is 14.1 Å². The Bertz CT molecular complexity index is 1240. The first kappa shape index (κ1) is 20.3. The van der Waals surface area contributed by atoms with Crippen LogP contribution >= 0.6 is 0 Å². The summed E-state index contributed by atoms with van der Waals surface area (Å²) in [5.41, 5.74) is 7.92. The Morgan fingerprint density at radius 3 is 2.84 bits per heavy atom. The molecule has 3 aromatic rings. The molecule has 8 nitrogen and oxygen atoms in total. The molecule has 0 saturated carbocycles. The highest BCUT2D eigenvalue weighted by Crippen LogP contribution is 2.43. The fraction of sp³-hybridized carbons (Fsp3) is 0.261. The lowest BCUT2D eigenvalue weighted by Gasteiger charge is -2.28. The number of methoxy groups -OCH3 is 1. The van der Waals surface area contributed by atoms with E-state index in [1.807, 2.05) is 35.9 Å². The molecule has 158 valence electrons. The van der Waals surface area contributed by atoms with Crippen LogP contribution in [-0.4, -0.2) is 21.2 Å². The lowest BCUT2D eigenvalue weighted by molar-refractivity contribution is 0.381. The minimum Gasteiger partial charge on any atom is -0.496 e. The fourth-order valence-electron chi connectivity index (χ4n) is 4.01. The summed E-state index contributed by atoms with van der Waals surface area (Å²) in [6.45, 7) is 3.13. The smallest absolute Gasteiger partial charge is 0.258 e. The number of allylic oxidation sites excluding steroid dienone is 1. The zero-order valence-electron chi connectivity index (χ0n) is 17.4. The number of nitrogens with zero attached hydrogens (tertiary/aromatic N) is 4. The zero-order chi connectivity index (χ0) is 22.0. The summed E-state index contributed by atoms with van der Waals surface area (Å²) in [5, 5.41) is 9.82. The number of ether oxygens (including phenoxy) is 2. The summed E-state index contributed by atoms with van der Waals surface area (Å²) in [7, 11) is 1.56. The number of hydrogen-bond donors (Lipinski definition) is 1. The van der Waals surface area contributed by atoms with Crippen molar-refractivity contribution in [1.29, 1.82) is 5.26 Å². The van der Waals surface area contributed by atoms with E-state index < -0.39 is 5.92 Å². The molecule has 0 bridgehead atoms. The van der Waals surface area contributed by atoms with E-state index in [0.717, 1.165) is 18.7 Å². The molecule has 3 heterocycles. The number of fused-ring (bicyclic) bond motifs is 1. The van der Waals surface area contributed by atoms with E-state index in [4.69, 9.17) is 15.2 Å². The number of nitriles is 1. The van der Waals surface area contributed by atoms with Crippen molar-refractivity contribution >= 4 is 0 Å². The van der Waals surface area contributed by atoms with Gasteiger partial charge in [0.1, 0.15) is 23.1 Å². The van der Waals surface area contributed by atoms with Crippen LogP contribution in [0.25, 0.3) is 0 Å². The fourth-order valence-corrected chi connectivity index (χ4v) is 4.01. The highest BCUT2D eigenvalue weighted by atomic mass is 16.5. The van der Waals surface area contributed by atoms with Gasteiger partial charge < -0.3 is 24.3 Å². The van der Waals surface area contributed by atoms with E-state index >= 15 is 0 Å². The maximum absolute atomic E-state index is 13.6. The van der Waals surface area contributed by atoms with Crippen LogP contribution in [0.5, 0.6) is 11.5 Å². The maximum Gasteiger partial charge on any atom is 0.258 e. The number of pyridine rings is 1. The van der Waals surface area contributed by atoms with E-state index in [9.17, 15) is 10.1 Å². The van der Waals surface area contributed by atoms with Crippen molar-refractivity contribution in [2.45, 2.75) is 32.4 Å². The van der Waals surface area contributed by atoms with Gasteiger partial charge >= 0.3 is 0 Å². The average Bonchev–Trinajstić information content (AvgIpc) is 3.28. The number of nitrogens with two attached hydrogens (primary N) is 1. The Labute approximate surface area is 179 Å². The molecule has 1 aliphatic heterocycles. The van der Waals surface area contributed by atoms with Crippen LogP contribution in [0, 0.1) is 18.3 Å². The zero-order valence-corrected chi connectivity index (χ0v) is 17.4. The molecule has 0 spiro atoms. The SMILES string of the molecule is COc1ccccc1[C@H]1C(C#N)=C(N)Oc2cc(C)n(CCCn3ccnc3)c(=O)c21. The van der Waals surface area contributed by atoms with Gasteiger partial charge in [0.05, 0.1) is 24.9 Å². The minimum absolute atomic E-state index is 0.00237. The van der Waals surface area contributed by atoms with Crippen LogP contribution in [0.4, 0.5) is 0 Å². The Balaban J connectivity index is 1.81. The summed E-state index contributed by atoms with van der Waals surface area (Å²) in [5.74, 6) is 0.286. The van der Waals surface area contributed by atoms with E-state index in [1.54, 1.807) is 36.3 Å². The molecule has 0 amide bonds. The lowest BCUT2D eigenvalue weighted by atomic mass is 9.83. The quantitative estimate of drug-likeness (QED) is 0.661. The summed E-state index contributed by atoms with van der Waals surface area (Å²) < 4.78 is 14.9. The van der Waals surface area contributed by atoms with Gasteiger partial charge in [0, 0.05) is 42.8 Å². The molecule has 4 rings (SSSR count). The molecule has 0 unspecified atom stereocenters. The lowest BCUT2D eigenvalue weighted by Crippen LogP contribution is -2.33. The van der Waals surface area contributed by atoms with Crippen molar-refractivity contribution < 1.29 is 9.47 Å². The summed E-state index contributed by atoms with van der Waals surface area (Å²) in [6, 6.07) is 11.3. The van der Waals surface area contributed by atoms with Crippen LogP contribution < -0.4 is 20.8 Å². The maximum atomic E-state index is 13.6. The van der Waals surface area contributed by atoms with Crippen LogP contribution in [0.3, 0.4) is 0 Å². The number of rotatable bonds is 6. The predicted octanol–water partition coefficient (Wildman–Crippen LogP) is 2.67. The molecule has 1 atom stereocenters. The average molecular weight is 417 g/mol. The van der Waals surface area contributed by atoms with Crippen LogP contribution in [0.2, 0.25) is 0 Å². The van der Waals surface area contributed by atoms with Gasteiger partial charge in [-0.2, -0.15) is 5.26 Å². The highest BCUT2D eigenvalue weighted by molar-refractivity contribution is 5.58. The first-order chi connectivity index (χ1) is 15.0. The molecule has 1 aliphatic rings. The highest BCUT2D eigenvalue weighted by Gasteiger charge is 2.35. The number of hydrogen-bond acceptors (Lipinski definition) is 6. The Kier molecular flexibility index (Phi) is 5.50. The number of aromatic nitrogens is 3. The molecule has 2 aromatic heterocycles. The molecule has 31 heavy (non-hydrogen) atoms. The van der Waals surface area contributed by atoms with Gasteiger partial charge in [0.25, 0.3) is 5.56 Å². The molecular formula is C23H23N5O3. The second kappa shape index (κ2) is 8.40. The van der Waals surface area contributed by atoms with Gasteiger partial charge in [-0.05, 0) is 19.4 Å². The number of aryl methyl sites for hydroxylation is 2. The molecule has 0 saturated heterocycles. The molecular weight excluding hydrogens is 394 g/mol. The van der Waals surface area contributed by atoms with Gasteiger partial charge in [0.15, 0.2) is 0 Å². The first-order valence-corrected chi connectivity index (χ1v) is 9.95. The van der Waals surface area contributed by atoms with Crippen molar-refractivity contribution in [3.05, 3.63) is 87.7 Å². The van der Waals surface area contributed by atoms with E-state index in [-0.39, 0.29) is 17.0 Å². The standard InChI is InChI=1S/C23H23N5O3/c1-15-12-19-21(23(29)28(15)10-5-9-27-11-8-26-14-27)20(17(13-24)22(25)31-19)16-6-3-4-7-18(16)30-2/h3-4,6-8,11-12,14,20H,5,9-10,25H2,1-2H3/t20-/m0/s1. The second-order valence-electron chi connectivity index (χ2n) is 7.34. The van der Waals surface area contributed by atoms with Gasteiger partial charge in [-0.3, -0.25) is 4.79 Å². The third-order valence-corrected chi connectivity index (χ3v) is 5.50. The van der Waals surface area contributed by atoms with Crippen molar-refractivity contribution in [3.8, 4) is 17.6 Å². The van der Waals surface area contributed by atoms with Gasteiger partial charge in [-0.25, -0.2) is 4.98 Å². The summed E-state index contributed by atoms with van der Waals surface area (Å²) in [6.07, 6.45) is 6.12. The van der Waals surface area contributed by atoms with Crippen LogP contribution in [0.1, 0.15) is 29.2 Å². The predicted molar refractivity (Wildman–Crippen MR) is 115 cm³/mol. The van der Waals surface area contributed by atoms with Crippen LogP contribution in [-0.2, 0) is 13.1 Å². The Morgan fingerprint density at radius 1 is 1.32 bits per heavy atom. The topological polar surface area (TPSA) is 108 Å². The van der Waals surface area contributed by atoms with Gasteiger partial charge in [0.2, 0.25) is 5.88 Å². The second-order valence-corrected chi connectivity index (χ2v) is 7.34. The van der Waals surface area contributed by atoms with E-state index in [0.29, 0.717) is 29.2 Å². The normalized spacial score (nSPS) is 15.2. The van der Waals surface area contributed by atoms with Crippen LogP contribution in [0.15, 0.2) is 65.3 Å². The van der Waals surface area contributed by atoms with Crippen molar-refractivity contribution in [2.24, 2.45) is 5.73 Å². The number of benzene rings is 1. The van der Waals surface area contributed by atoms with Gasteiger partial charge in [-0.15, -0.1) is 0 Å².